The number of hydrogen-bond donors (Lipinski definition) is 1. The lowest BCUT2D eigenvalue weighted by Gasteiger charge is -2.32. The Morgan fingerprint density at radius 1 is 1.21 bits per heavy atom. The Labute approximate surface area is 116 Å². The number of hydrogen-bond acceptors (Lipinski definition) is 3. The molecule has 2 saturated heterocycles. The van der Waals surface area contributed by atoms with Crippen LogP contribution in [0, 0.1) is 5.92 Å². The molecular formula is C15H28NO3+. The second-order valence-corrected chi connectivity index (χ2v) is 6.67. The van der Waals surface area contributed by atoms with Crippen LogP contribution >= 0.6 is 0 Å². The molecule has 1 aliphatic carbocycles. The molecule has 1 unspecified atom stereocenters. The van der Waals surface area contributed by atoms with Crippen molar-refractivity contribution in [1.29, 1.82) is 0 Å². The van der Waals surface area contributed by atoms with Gasteiger partial charge in [0.2, 0.25) is 0 Å². The van der Waals surface area contributed by atoms with Crippen molar-refractivity contribution in [1.82, 2.24) is 0 Å². The van der Waals surface area contributed by atoms with Gasteiger partial charge < -0.3 is 19.1 Å². The molecule has 2 heterocycles. The zero-order valence-corrected chi connectivity index (χ0v) is 12.3. The topological polar surface area (TPSA) is 32.1 Å². The molecule has 1 saturated carbocycles. The molecule has 0 aromatic heterocycles. The van der Waals surface area contributed by atoms with Gasteiger partial charge >= 0.3 is 0 Å². The van der Waals surface area contributed by atoms with Gasteiger partial charge in [-0.15, -0.1) is 0 Å². The molecule has 0 radical (unpaired) electrons. The Balaban J connectivity index is 1.54. The maximum atomic E-state index is 6.28. The largest absolute Gasteiger partial charge is 0.347 e. The first-order valence-corrected chi connectivity index (χ1v) is 7.96. The number of rotatable bonds is 3. The normalized spacial score (nSPS) is 38.4. The maximum Gasteiger partial charge on any atom is 0.194 e. The Bertz CT molecular complexity index is 302. The van der Waals surface area contributed by atoms with Crippen LogP contribution in [0.1, 0.15) is 46.0 Å². The van der Waals surface area contributed by atoms with Crippen LogP contribution in [0.15, 0.2) is 0 Å². The van der Waals surface area contributed by atoms with Gasteiger partial charge in [0.25, 0.3) is 0 Å². The second kappa shape index (κ2) is 5.68. The predicted octanol–water partition coefficient (Wildman–Crippen LogP) is 0.959. The van der Waals surface area contributed by atoms with Crippen LogP contribution in [0.3, 0.4) is 0 Å². The summed E-state index contributed by atoms with van der Waals surface area (Å²) < 4.78 is 18.1. The van der Waals surface area contributed by atoms with E-state index in [-0.39, 0.29) is 11.9 Å². The van der Waals surface area contributed by atoms with Gasteiger partial charge in [0.05, 0.1) is 6.61 Å². The van der Waals surface area contributed by atoms with Gasteiger partial charge in [-0.2, -0.15) is 0 Å². The highest BCUT2D eigenvalue weighted by atomic mass is 16.7. The molecule has 3 aliphatic rings. The molecule has 3 rings (SSSR count). The van der Waals surface area contributed by atoms with E-state index in [2.05, 4.69) is 13.8 Å². The van der Waals surface area contributed by atoms with Crippen molar-refractivity contribution in [3.8, 4) is 0 Å². The van der Waals surface area contributed by atoms with Gasteiger partial charge in [0.15, 0.2) is 12.0 Å². The lowest BCUT2D eigenvalue weighted by atomic mass is 9.94. The van der Waals surface area contributed by atoms with E-state index in [9.17, 15) is 0 Å². The van der Waals surface area contributed by atoms with Crippen LogP contribution in [-0.2, 0) is 14.2 Å². The highest BCUT2D eigenvalue weighted by Gasteiger charge is 2.45. The number of ether oxygens (including phenoxy) is 3. The minimum Gasteiger partial charge on any atom is -0.347 e. The van der Waals surface area contributed by atoms with E-state index in [0.29, 0.717) is 12.1 Å². The van der Waals surface area contributed by atoms with Gasteiger partial charge in [-0.1, -0.05) is 20.3 Å². The summed E-state index contributed by atoms with van der Waals surface area (Å²) in [5.41, 5.74) is 0. The summed E-state index contributed by atoms with van der Waals surface area (Å²) in [5.74, 6) is 0.347. The zero-order chi connectivity index (χ0) is 13.3. The second-order valence-electron chi connectivity index (χ2n) is 6.67. The summed E-state index contributed by atoms with van der Waals surface area (Å²) in [6, 6.07) is 0. The van der Waals surface area contributed by atoms with E-state index in [0.717, 1.165) is 39.1 Å². The molecule has 1 N–H and O–H groups in total. The Morgan fingerprint density at radius 2 is 2.00 bits per heavy atom. The van der Waals surface area contributed by atoms with Gasteiger partial charge in [-0.25, -0.2) is 0 Å². The third-order valence-corrected chi connectivity index (χ3v) is 4.75. The molecule has 3 fully saturated rings. The minimum atomic E-state index is -0.226. The van der Waals surface area contributed by atoms with Crippen molar-refractivity contribution >= 4 is 0 Å². The summed E-state index contributed by atoms with van der Waals surface area (Å²) in [4.78, 5) is 1.54. The van der Waals surface area contributed by atoms with Crippen molar-refractivity contribution in [2.75, 3.05) is 26.3 Å². The third-order valence-electron chi connectivity index (χ3n) is 4.75. The maximum absolute atomic E-state index is 6.28. The first-order valence-electron chi connectivity index (χ1n) is 7.96. The van der Waals surface area contributed by atoms with Gasteiger partial charge in [0, 0.05) is 18.8 Å². The Hall–Kier alpha value is -0.160. The van der Waals surface area contributed by atoms with Crippen LogP contribution in [0.25, 0.3) is 0 Å². The molecule has 0 amide bonds. The molecule has 0 bridgehead atoms. The van der Waals surface area contributed by atoms with E-state index < -0.39 is 0 Å². The van der Waals surface area contributed by atoms with Crippen molar-refractivity contribution in [3.63, 3.8) is 0 Å². The van der Waals surface area contributed by atoms with E-state index in [1.54, 1.807) is 0 Å². The fraction of sp³-hybridized carbons (Fsp3) is 1.00. The molecule has 0 aromatic carbocycles. The first-order chi connectivity index (χ1) is 9.19. The molecule has 3 atom stereocenters. The summed E-state index contributed by atoms with van der Waals surface area (Å²) in [6.07, 6.45) is 6.61. The molecule has 2 aliphatic heterocycles. The average Bonchev–Trinajstić information content (AvgIpc) is 2.99. The van der Waals surface area contributed by atoms with Gasteiger partial charge in [0.1, 0.15) is 25.8 Å². The quantitative estimate of drug-likeness (QED) is 0.829. The molecule has 0 aromatic rings. The van der Waals surface area contributed by atoms with Crippen LogP contribution in [0.5, 0.6) is 0 Å². The molecule has 110 valence electrons. The van der Waals surface area contributed by atoms with Gasteiger partial charge in [-0.05, 0) is 12.8 Å². The van der Waals surface area contributed by atoms with Crippen molar-refractivity contribution in [2.45, 2.75) is 64.1 Å². The monoisotopic (exact) mass is 270 g/mol. The van der Waals surface area contributed by atoms with Crippen molar-refractivity contribution < 1.29 is 19.1 Å². The molecule has 4 heteroatoms. The van der Waals surface area contributed by atoms with Crippen LogP contribution in [0.2, 0.25) is 0 Å². The molecule has 1 spiro atoms. The highest BCUT2D eigenvalue weighted by molar-refractivity contribution is 4.82. The predicted molar refractivity (Wildman–Crippen MR) is 71.9 cm³/mol. The first kappa shape index (κ1) is 13.8. The lowest BCUT2D eigenvalue weighted by Crippen LogP contribution is -3.15. The minimum absolute atomic E-state index is 0.226. The molecule has 19 heavy (non-hydrogen) atoms. The lowest BCUT2D eigenvalue weighted by molar-refractivity contribution is -0.931. The Morgan fingerprint density at radius 3 is 2.74 bits per heavy atom. The Kier molecular flexibility index (Phi) is 4.13. The van der Waals surface area contributed by atoms with Crippen molar-refractivity contribution in [2.24, 2.45) is 5.92 Å². The number of quaternary nitrogens is 1. The summed E-state index contributed by atoms with van der Waals surface area (Å²) in [5, 5.41) is 0. The SMILES string of the molecule is CC(C)[C@H]1OCC[NH+]1C[C@H]1COC2(CCCCC2)O1. The van der Waals surface area contributed by atoms with Crippen LogP contribution in [-0.4, -0.2) is 44.4 Å². The summed E-state index contributed by atoms with van der Waals surface area (Å²) in [7, 11) is 0. The third kappa shape index (κ3) is 2.97. The highest BCUT2D eigenvalue weighted by Crippen LogP contribution is 2.37. The van der Waals surface area contributed by atoms with Gasteiger partial charge in [-0.3, -0.25) is 0 Å². The molecule has 4 nitrogen and oxygen atoms in total. The average molecular weight is 270 g/mol. The summed E-state index contributed by atoms with van der Waals surface area (Å²) in [6.45, 7) is 8.28. The van der Waals surface area contributed by atoms with Crippen molar-refractivity contribution in [3.05, 3.63) is 0 Å². The van der Waals surface area contributed by atoms with Crippen LogP contribution < -0.4 is 4.90 Å². The van der Waals surface area contributed by atoms with E-state index >= 15 is 0 Å². The zero-order valence-electron chi connectivity index (χ0n) is 12.3. The fourth-order valence-corrected chi connectivity index (χ4v) is 3.82. The fourth-order valence-electron chi connectivity index (χ4n) is 3.82. The smallest absolute Gasteiger partial charge is 0.194 e. The number of nitrogens with one attached hydrogen (secondary N) is 1. The standard InChI is InChI=1S/C15H27NO3/c1-12(2)14-16(8-9-17-14)10-13-11-18-15(19-13)6-4-3-5-7-15/h12-14H,3-11H2,1-2H3/p+1/t13-,14+/m0/s1. The van der Waals surface area contributed by atoms with E-state index in [1.807, 2.05) is 0 Å². The van der Waals surface area contributed by atoms with E-state index in [1.165, 1.54) is 24.2 Å². The van der Waals surface area contributed by atoms with Crippen LogP contribution in [0.4, 0.5) is 0 Å². The molecular weight excluding hydrogens is 242 g/mol. The van der Waals surface area contributed by atoms with E-state index in [4.69, 9.17) is 14.2 Å². The summed E-state index contributed by atoms with van der Waals surface area (Å²) >= 11 is 0.